The van der Waals surface area contributed by atoms with Crippen molar-refractivity contribution in [3.63, 3.8) is 0 Å². The fraction of sp³-hybridized carbons (Fsp3) is 0.318. The molecule has 10 nitrogen and oxygen atoms in total. The maximum atomic E-state index is 13.6. The molecule has 0 saturated heterocycles. The van der Waals surface area contributed by atoms with E-state index in [1.165, 1.54) is 0 Å². The molecule has 2 aliphatic rings. The minimum absolute atomic E-state index is 0.0571. The molecule has 0 aromatic heterocycles. The van der Waals surface area contributed by atoms with Gasteiger partial charge < -0.3 is 29.1 Å². The lowest BCUT2D eigenvalue weighted by molar-refractivity contribution is -0.134. The lowest BCUT2D eigenvalue weighted by Gasteiger charge is -2.39. The quantitative estimate of drug-likeness (QED) is 0.0808. The number of esters is 2. The molecule has 0 saturated carbocycles. The van der Waals surface area contributed by atoms with Crippen molar-refractivity contribution in [1.82, 2.24) is 19.6 Å². The first-order valence-electron chi connectivity index (χ1n) is 18.8. The Balaban J connectivity index is 1.13. The molecule has 0 bridgehead atoms. The van der Waals surface area contributed by atoms with Crippen LogP contribution >= 0.6 is 46.4 Å². The van der Waals surface area contributed by atoms with Crippen LogP contribution in [0.3, 0.4) is 0 Å². The van der Waals surface area contributed by atoms with Crippen LogP contribution in [-0.4, -0.2) is 97.7 Å². The maximum absolute atomic E-state index is 13.6. The number of rotatable bonds is 12. The van der Waals surface area contributed by atoms with Crippen molar-refractivity contribution in [2.45, 2.75) is 37.8 Å². The number of ether oxygens (including phenoxy) is 2. The molecule has 304 valence electrons. The van der Waals surface area contributed by atoms with Gasteiger partial charge in [0.25, 0.3) is 0 Å². The SMILES string of the molecule is CN(C)CC1c2cccc(OC(=O)/C=C/C(=O)Oc3cccc4c3CCN(C(=O)Cc3ccc(Cl)c(Cl)c3)C4CN(C)C)c2CCN1C(=O)Cc1ccc(Cl)c(Cl)c1. The number of nitrogens with zero attached hydrogens (tertiary/aromatic N) is 4. The molecule has 2 unspecified atom stereocenters. The third-order valence-corrected chi connectivity index (χ3v) is 11.7. The molecule has 2 heterocycles. The number of halogens is 4. The first kappa shape index (κ1) is 43.2. The Morgan fingerprint density at radius 3 is 1.36 bits per heavy atom. The van der Waals surface area contributed by atoms with Crippen LogP contribution in [0.1, 0.15) is 45.5 Å². The van der Waals surface area contributed by atoms with Gasteiger partial charge in [-0.25, -0.2) is 9.59 Å². The predicted molar refractivity (Wildman–Crippen MR) is 227 cm³/mol. The monoisotopic (exact) mass is 864 g/mol. The van der Waals surface area contributed by atoms with E-state index in [4.69, 9.17) is 55.9 Å². The number of amides is 2. The van der Waals surface area contributed by atoms with Gasteiger partial charge in [0.1, 0.15) is 11.5 Å². The number of hydrogen-bond acceptors (Lipinski definition) is 8. The van der Waals surface area contributed by atoms with Crippen LogP contribution in [0.15, 0.2) is 84.9 Å². The van der Waals surface area contributed by atoms with Crippen molar-refractivity contribution >= 4 is 70.2 Å². The molecule has 6 rings (SSSR count). The van der Waals surface area contributed by atoms with Gasteiger partial charge in [-0.15, -0.1) is 0 Å². The summed E-state index contributed by atoms with van der Waals surface area (Å²) in [4.78, 5) is 61.2. The van der Waals surface area contributed by atoms with E-state index in [2.05, 4.69) is 0 Å². The summed E-state index contributed by atoms with van der Waals surface area (Å²) >= 11 is 24.6. The van der Waals surface area contributed by atoms with Crippen LogP contribution in [0.2, 0.25) is 20.1 Å². The molecule has 14 heteroatoms. The predicted octanol–water partition coefficient (Wildman–Crippen LogP) is 7.83. The second-order valence-electron chi connectivity index (χ2n) is 14.9. The Labute approximate surface area is 358 Å². The third-order valence-electron chi connectivity index (χ3n) is 10.2. The number of likely N-dealkylation sites (N-methyl/N-ethyl adjacent to an activating group) is 2. The highest BCUT2D eigenvalue weighted by atomic mass is 35.5. The summed E-state index contributed by atoms with van der Waals surface area (Å²) in [6.45, 7) is 1.94. The summed E-state index contributed by atoms with van der Waals surface area (Å²) in [7, 11) is 7.75. The average molecular weight is 867 g/mol. The van der Waals surface area contributed by atoms with E-state index in [1.807, 2.05) is 59.9 Å². The second kappa shape index (κ2) is 19.1. The highest BCUT2D eigenvalue weighted by Gasteiger charge is 2.34. The Hall–Kier alpha value is -4.42. The van der Waals surface area contributed by atoms with E-state index >= 15 is 0 Å². The van der Waals surface area contributed by atoms with Gasteiger partial charge >= 0.3 is 11.9 Å². The van der Waals surface area contributed by atoms with Crippen molar-refractivity contribution in [2.75, 3.05) is 54.4 Å². The van der Waals surface area contributed by atoms with Crippen molar-refractivity contribution in [2.24, 2.45) is 0 Å². The minimum atomic E-state index is -0.745. The van der Waals surface area contributed by atoms with Crippen LogP contribution in [-0.2, 0) is 44.9 Å². The number of carbonyl (C=O) groups is 4. The van der Waals surface area contributed by atoms with Gasteiger partial charge in [0.05, 0.1) is 45.0 Å². The van der Waals surface area contributed by atoms with Crippen LogP contribution in [0.25, 0.3) is 0 Å². The Bertz CT molecular complexity index is 2090. The summed E-state index contributed by atoms with van der Waals surface area (Å²) in [5.74, 6) is -0.877. The van der Waals surface area contributed by atoms with E-state index in [0.717, 1.165) is 45.5 Å². The zero-order valence-corrected chi connectivity index (χ0v) is 35.7. The molecule has 4 aromatic carbocycles. The molecular formula is C44H44Cl4N4O6. The fourth-order valence-electron chi connectivity index (χ4n) is 7.58. The summed E-state index contributed by atoms with van der Waals surface area (Å²) in [6.07, 6.45) is 3.34. The minimum Gasteiger partial charge on any atom is -0.423 e. The molecule has 0 fully saturated rings. The van der Waals surface area contributed by atoms with Gasteiger partial charge in [0.2, 0.25) is 11.8 Å². The lowest BCUT2D eigenvalue weighted by atomic mass is 9.90. The van der Waals surface area contributed by atoms with E-state index < -0.39 is 11.9 Å². The van der Waals surface area contributed by atoms with Crippen molar-refractivity contribution in [3.05, 3.63) is 138 Å². The fourth-order valence-corrected chi connectivity index (χ4v) is 8.22. The number of benzene rings is 4. The summed E-state index contributed by atoms with van der Waals surface area (Å²) < 4.78 is 11.6. The second-order valence-corrected chi connectivity index (χ2v) is 16.5. The van der Waals surface area contributed by atoms with Crippen LogP contribution in [0.4, 0.5) is 0 Å². The van der Waals surface area contributed by atoms with Gasteiger partial charge in [-0.2, -0.15) is 0 Å². The lowest BCUT2D eigenvalue weighted by Crippen LogP contribution is -2.44. The largest absolute Gasteiger partial charge is 0.423 e. The van der Waals surface area contributed by atoms with Crippen molar-refractivity contribution < 1.29 is 28.7 Å². The Morgan fingerprint density at radius 2 is 1.00 bits per heavy atom. The molecular weight excluding hydrogens is 822 g/mol. The number of hydrogen-bond donors (Lipinski definition) is 0. The number of carbonyl (C=O) groups excluding carboxylic acids is 4. The van der Waals surface area contributed by atoms with E-state index in [-0.39, 0.29) is 36.7 Å². The smallest absolute Gasteiger partial charge is 0.336 e. The van der Waals surface area contributed by atoms with Gasteiger partial charge in [-0.1, -0.05) is 82.8 Å². The topological polar surface area (TPSA) is 99.7 Å². The highest BCUT2D eigenvalue weighted by molar-refractivity contribution is 6.42. The van der Waals surface area contributed by atoms with Crippen LogP contribution < -0.4 is 9.47 Å². The van der Waals surface area contributed by atoms with Gasteiger partial charge in [0.15, 0.2) is 0 Å². The maximum Gasteiger partial charge on any atom is 0.336 e. The molecule has 2 aliphatic heterocycles. The molecule has 58 heavy (non-hydrogen) atoms. The van der Waals surface area contributed by atoms with Crippen LogP contribution in [0, 0.1) is 0 Å². The number of fused-ring (bicyclic) bond motifs is 2. The Kier molecular flexibility index (Phi) is 14.2. The molecule has 0 radical (unpaired) electrons. The molecule has 2 atom stereocenters. The van der Waals surface area contributed by atoms with Crippen molar-refractivity contribution in [3.8, 4) is 11.5 Å². The van der Waals surface area contributed by atoms with E-state index in [0.29, 0.717) is 70.6 Å². The summed E-state index contributed by atoms with van der Waals surface area (Å²) in [5, 5.41) is 1.63. The van der Waals surface area contributed by atoms with Gasteiger partial charge in [-0.05, 0) is 99.7 Å². The third kappa shape index (κ3) is 10.4. The first-order chi connectivity index (χ1) is 27.7. The zero-order chi connectivity index (χ0) is 41.7. The zero-order valence-electron chi connectivity index (χ0n) is 32.6. The normalized spacial score (nSPS) is 16.4. The average Bonchev–Trinajstić information content (AvgIpc) is 3.17. The van der Waals surface area contributed by atoms with E-state index in [1.54, 1.807) is 60.7 Å². The molecule has 0 spiro atoms. The summed E-state index contributed by atoms with van der Waals surface area (Å²) in [6, 6.07) is 20.7. The Morgan fingerprint density at radius 1 is 0.603 bits per heavy atom. The highest BCUT2D eigenvalue weighted by Crippen LogP contribution is 2.38. The molecule has 0 N–H and O–H groups in total. The van der Waals surface area contributed by atoms with Crippen molar-refractivity contribution in [1.29, 1.82) is 0 Å². The van der Waals surface area contributed by atoms with E-state index in [9.17, 15) is 19.2 Å². The van der Waals surface area contributed by atoms with Gasteiger partial charge in [-0.3, -0.25) is 9.59 Å². The molecule has 0 aliphatic carbocycles. The summed E-state index contributed by atoms with van der Waals surface area (Å²) in [5.41, 5.74) is 4.94. The molecule has 2 amide bonds. The molecule has 4 aromatic rings. The van der Waals surface area contributed by atoms with Crippen LogP contribution in [0.5, 0.6) is 11.5 Å². The standard InChI is InChI=1S/C44H44Cl4N4O6/c1-49(2)25-37-29-7-5-9-39(31(29)17-19-51(37)41(53)23-27-11-13-33(45)35(47)21-27)57-43(55)15-16-44(56)58-40-10-6-8-30-32(40)18-20-52(38(30)26-50(3)4)42(54)24-28-12-14-34(46)36(48)22-28/h5-16,21-22,37-38H,17-20,23-26H2,1-4H3/b16-15+. The van der Waals surface area contributed by atoms with Gasteiger partial charge in [0, 0.05) is 49.5 Å². The first-order valence-corrected chi connectivity index (χ1v) is 20.3.